The number of carbonyl (C=O) groups excluding carboxylic acids is 1. The smallest absolute Gasteiger partial charge is 0.278 e. The first kappa shape index (κ1) is 21.6. The lowest BCUT2D eigenvalue weighted by Crippen LogP contribution is -2.25. The molecular formula is C25H24N6O3. The molecule has 172 valence electrons. The van der Waals surface area contributed by atoms with Crippen molar-refractivity contribution in [2.45, 2.75) is 39.8 Å². The molecular weight excluding hydrogens is 432 g/mol. The molecule has 0 saturated heterocycles. The summed E-state index contributed by atoms with van der Waals surface area (Å²) in [5.41, 5.74) is 3.15. The van der Waals surface area contributed by atoms with Gasteiger partial charge in [-0.2, -0.15) is 4.98 Å². The Kier molecular flexibility index (Phi) is 5.67. The zero-order valence-electron chi connectivity index (χ0n) is 19.0. The van der Waals surface area contributed by atoms with Gasteiger partial charge in [-0.3, -0.25) is 14.2 Å². The number of aryl methyl sites for hydroxylation is 2. The summed E-state index contributed by atoms with van der Waals surface area (Å²) in [7, 11) is 0. The van der Waals surface area contributed by atoms with Gasteiger partial charge in [0.1, 0.15) is 24.1 Å². The molecule has 0 aliphatic heterocycles. The molecule has 0 radical (unpaired) electrons. The van der Waals surface area contributed by atoms with E-state index in [1.807, 2.05) is 62.4 Å². The molecule has 2 aromatic carbocycles. The number of amides is 1. The average molecular weight is 457 g/mol. The minimum absolute atomic E-state index is 0.0277. The molecule has 0 aliphatic rings. The molecule has 0 aliphatic carbocycles. The monoisotopic (exact) mass is 456 g/mol. The van der Waals surface area contributed by atoms with Crippen LogP contribution in [0.25, 0.3) is 21.9 Å². The van der Waals surface area contributed by atoms with Crippen LogP contribution in [0.2, 0.25) is 0 Å². The fraction of sp³-hybridized carbons (Fsp3) is 0.240. The minimum atomic E-state index is -0.278. The van der Waals surface area contributed by atoms with Crippen molar-refractivity contribution in [2.24, 2.45) is 0 Å². The fourth-order valence-electron chi connectivity index (χ4n) is 4.12. The maximum absolute atomic E-state index is 13.5. The molecule has 0 spiro atoms. The zero-order valence-corrected chi connectivity index (χ0v) is 19.0. The lowest BCUT2D eigenvalue weighted by molar-refractivity contribution is -0.116. The lowest BCUT2D eigenvalue weighted by atomic mass is 10.2. The molecule has 1 amide bonds. The van der Waals surface area contributed by atoms with Crippen molar-refractivity contribution < 1.29 is 9.32 Å². The highest BCUT2D eigenvalue weighted by Gasteiger charge is 2.19. The minimum Gasteiger partial charge on any atom is -0.337 e. The highest BCUT2D eigenvalue weighted by molar-refractivity contribution is 6.06. The predicted molar refractivity (Wildman–Crippen MR) is 129 cm³/mol. The van der Waals surface area contributed by atoms with Gasteiger partial charge in [-0.1, -0.05) is 42.4 Å². The SMILES string of the molecule is CCCc1noc(Cn2cnc3c4ccccc4n(CC(=O)Nc4cccc(C)c4)c3c2=O)n1. The van der Waals surface area contributed by atoms with Crippen LogP contribution in [-0.2, 0) is 24.3 Å². The largest absolute Gasteiger partial charge is 0.337 e. The quantitative estimate of drug-likeness (QED) is 0.400. The molecule has 9 heteroatoms. The van der Waals surface area contributed by atoms with Crippen LogP contribution in [0.3, 0.4) is 0 Å². The Bertz CT molecular complexity index is 1560. The number of hydrogen-bond donors (Lipinski definition) is 1. The van der Waals surface area contributed by atoms with E-state index in [2.05, 4.69) is 20.4 Å². The Morgan fingerprint density at radius 2 is 2.00 bits per heavy atom. The van der Waals surface area contributed by atoms with Crippen molar-refractivity contribution >= 4 is 33.5 Å². The molecule has 1 N–H and O–H groups in total. The first-order valence-corrected chi connectivity index (χ1v) is 11.2. The van der Waals surface area contributed by atoms with Gasteiger partial charge >= 0.3 is 0 Å². The third kappa shape index (κ3) is 4.07. The molecule has 34 heavy (non-hydrogen) atoms. The Morgan fingerprint density at radius 1 is 1.15 bits per heavy atom. The zero-order chi connectivity index (χ0) is 23.7. The second-order valence-electron chi connectivity index (χ2n) is 8.25. The van der Waals surface area contributed by atoms with Gasteiger partial charge < -0.3 is 14.4 Å². The number of fused-ring (bicyclic) bond motifs is 3. The van der Waals surface area contributed by atoms with Crippen LogP contribution >= 0.6 is 0 Å². The third-order valence-electron chi connectivity index (χ3n) is 5.63. The van der Waals surface area contributed by atoms with E-state index in [1.54, 1.807) is 4.57 Å². The summed E-state index contributed by atoms with van der Waals surface area (Å²) < 4.78 is 8.45. The van der Waals surface area contributed by atoms with E-state index in [1.165, 1.54) is 10.9 Å². The van der Waals surface area contributed by atoms with Gasteiger partial charge in [0.25, 0.3) is 5.56 Å². The van der Waals surface area contributed by atoms with Gasteiger partial charge in [0.05, 0.1) is 11.8 Å². The molecule has 0 fully saturated rings. The maximum Gasteiger partial charge on any atom is 0.278 e. The molecule has 0 unspecified atom stereocenters. The number of carbonyl (C=O) groups is 1. The highest BCUT2D eigenvalue weighted by Crippen LogP contribution is 2.25. The number of nitrogens with one attached hydrogen (secondary N) is 1. The summed E-state index contributed by atoms with van der Waals surface area (Å²) in [6, 6.07) is 15.1. The third-order valence-corrected chi connectivity index (χ3v) is 5.63. The van der Waals surface area contributed by atoms with Crippen molar-refractivity contribution in [3.05, 3.63) is 82.5 Å². The van der Waals surface area contributed by atoms with Crippen LogP contribution in [0.15, 0.2) is 64.2 Å². The molecule has 0 bridgehead atoms. The number of para-hydroxylation sites is 1. The predicted octanol–water partition coefficient (Wildman–Crippen LogP) is 3.68. The Balaban J connectivity index is 1.54. The maximum atomic E-state index is 13.5. The molecule has 0 atom stereocenters. The van der Waals surface area contributed by atoms with Crippen molar-refractivity contribution in [3.63, 3.8) is 0 Å². The van der Waals surface area contributed by atoms with Crippen molar-refractivity contribution in [1.82, 2.24) is 24.3 Å². The number of nitrogens with zero attached hydrogens (tertiary/aromatic N) is 5. The van der Waals surface area contributed by atoms with E-state index in [4.69, 9.17) is 4.52 Å². The fourth-order valence-corrected chi connectivity index (χ4v) is 4.12. The van der Waals surface area contributed by atoms with Crippen LogP contribution in [0.1, 0.15) is 30.6 Å². The van der Waals surface area contributed by atoms with Crippen LogP contribution in [-0.4, -0.2) is 30.2 Å². The summed E-state index contributed by atoms with van der Waals surface area (Å²) in [6.07, 6.45) is 3.09. The first-order valence-electron chi connectivity index (χ1n) is 11.2. The first-order chi connectivity index (χ1) is 16.5. The van der Waals surface area contributed by atoms with Gasteiger partial charge in [-0.25, -0.2) is 4.98 Å². The van der Waals surface area contributed by atoms with Gasteiger partial charge in [0.15, 0.2) is 5.82 Å². The topological polar surface area (TPSA) is 108 Å². The number of anilines is 1. The molecule has 0 saturated carbocycles. The van der Waals surface area contributed by atoms with Crippen LogP contribution in [0, 0.1) is 6.92 Å². The summed E-state index contributed by atoms with van der Waals surface area (Å²) >= 11 is 0. The highest BCUT2D eigenvalue weighted by atomic mass is 16.5. The van der Waals surface area contributed by atoms with E-state index in [0.717, 1.165) is 22.9 Å². The van der Waals surface area contributed by atoms with E-state index >= 15 is 0 Å². The van der Waals surface area contributed by atoms with Gasteiger partial charge in [-0.15, -0.1) is 0 Å². The lowest BCUT2D eigenvalue weighted by Gasteiger charge is -2.09. The number of hydrogen-bond acceptors (Lipinski definition) is 6. The summed E-state index contributed by atoms with van der Waals surface area (Å²) in [5.74, 6) is 0.720. The second-order valence-corrected chi connectivity index (χ2v) is 8.25. The van der Waals surface area contributed by atoms with Gasteiger partial charge in [0, 0.05) is 17.5 Å². The Hall–Kier alpha value is -4.27. The molecule has 9 nitrogen and oxygen atoms in total. The Labute approximate surface area is 195 Å². The van der Waals surface area contributed by atoms with Crippen LogP contribution in [0.4, 0.5) is 5.69 Å². The van der Waals surface area contributed by atoms with Crippen molar-refractivity contribution in [3.8, 4) is 0 Å². The van der Waals surface area contributed by atoms with Gasteiger partial charge in [0.2, 0.25) is 11.8 Å². The number of benzene rings is 2. The summed E-state index contributed by atoms with van der Waals surface area (Å²) in [4.78, 5) is 35.4. The molecule has 5 rings (SSSR count). The normalized spacial score (nSPS) is 11.4. The Morgan fingerprint density at radius 3 is 2.82 bits per heavy atom. The van der Waals surface area contributed by atoms with Crippen LogP contribution < -0.4 is 10.9 Å². The summed E-state index contributed by atoms with van der Waals surface area (Å²) in [6.45, 7) is 4.08. The number of aromatic nitrogens is 5. The van der Waals surface area contributed by atoms with Crippen LogP contribution in [0.5, 0.6) is 0 Å². The van der Waals surface area contributed by atoms with E-state index in [9.17, 15) is 9.59 Å². The summed E-state index contributed by atoms with van der Waals surface area (Å²) in [5, 5.41) is 7.68. The van der Waals surface area contributed by atoms with E-state index < -0.39 is 0 Å². The average Bonchev–Trinajstić information content (AvgIpc) is 3.39. The van der Waals surface area contributed by atoms with Crippen molar-refractivity contribution in [1.29, 1.82) is 0 Å². The van der Waals surface area contributed by atoms with Gasteiger partial charge in [-0.05, 0) is 37.1 Å². The molecule has 3 heterocycles. The van der Waals surface area contributed by atoms with E-state index in [0.29, 0.717) is 34.9 Å². The standard InChI is InChI=1S/C25H24N6O3/c1-3-7-20-28-22(34-29-20)14-30-15-26-23-18-10-4-5-11-19(18)31(24(23)25(30)33)13-21(32)27-17-9-6-8-16(2)12-17/h4-6,8-12,15H,3,7,13-14H2,1-2H3,(H,27,32). The second kappa shape index (κ2) is 8.93. The van der Waals surface area contributed by atoms with E-state index in [-0.39, 0.29) is 24.6 Å². The molecule has 5 aromatic rings. The number of rotatable bonds is 7. The molecule has 3 aromatic heterocycles. The van der Waals surface area contributed by atoms with Crippen molar-refractivity contribution in [2.75, 3.05) is 5.32 Å².